The van der Waals surface area contributed by atoms with Gasteiger partial charge in [0.1, 0.15) is 0 Å². The minimum atomic E-state index is -1.31. The van der Waals surface area contributed by atoms with Crippen LogP contribution in [0, 0.1) is 25.5 Å². The zero-order valence-electron chi connectivity index (χ0n) is 19.4. The third-order valence-electron chi connectivity index (χ3n) is 6.83. The summed E-state index contributed by atoms with van der Waals surface area (Å²) in [4.78, 5) is 12.9. The van der Waals surface area contributed by atoms with Crippen molar-refractivity contribution in [3.8, 4) is 28.1 Å². The van der Waals surface area contributed by atoms with Crippen molar-refractivity contribution in [2.24, 2.45) is 0 Å². The van der Waals surface area contributed by atoms with Gasteiger partial charge in [-0.25, -0.2) is 9.18 Å². The SMILES string of the molecule is Cc1nnc(-c2cccc(-c3c(C)c4cc(F)c(O)c(F)c4oc3=O)c2)c2c1CCC(O)CCC2. The third kappa shape index (κ3) is 3.97. The molecule has 5 rings (SSSR count). The maximum absolute atomic E-state index is 14.4. The molecule has 4 aromatic rings. The van der Waals surface area contributed by atoms with E-state index in [1.165, 1.54) is 0 Å². The Kier molecular flexibility index (Phi) is 5.84. The number of nitrogens with zero attached hydrogens (tertiary/aromatic N) is 2. The molecule has 2 aromatic heterocycles. The Balaban J connectivity index is 1.67. The molecular formula is C27H24F2N2O4. The summed E-state index contributed by atoms with van der Waals surface area (Å²) in [7, 11) is 0. The summed E-state index contributed by atoms with van der Waals surface area (Å²) in [6.45, 7) is 3.50. The highest BCUT2D eigenvalue weighted by Gasteiger charge is 2.23. The molecule has 1 unspecified atom stereocenters. The van der Waals surface area contributed by atoms with E-state index in [9.17, 15) is 23.8 Å². The summed E-state index contributed by atoms with van der Waals surface area (Å²) in [5, 5.41) is 28.6. The summed E-state index contributed by atoms with van der Waals surface area (Å²) >= 11 is 0. The van der Waals surface area contributed by atoms with E-state index in [1.54, 1.807) is 25.1 Å². The van der Waals surface area contributed by atoms with Crippen LogP contribution in [0.4, 0.5) is 8.78 Å². The van der Waals surface area contributed by atoms with Crippen LogP contribution in [0.1, 0.15) is 41.6 Å². The van der Waals surface area contributed by atoms with Gasteiger partial charge in [0.15, 0.2) is 17.1 Å². The van der Waals surface area contributed by atoms with Crippen molar-refractivity contribution in [3.63, 3.8) is 0 Å². The second kappa shape index (κ2) is 8.85. The number of hydrogen-bond donors (Lipinski definition) is 2. The smallest absolute Gasteiger partial charge is 0.344 e. The van der Waals surface area contributed by atoms with Gasteiger partial charge in [-0.2, -0.15) is 9.49 Å². The van der Waals surface area contributed by atoms with Gasteiger partial charge in [-0.05, 0) is 80.3 Å². The minimum Gasteiger partial charge on any atom is -0.503 e. The second-order valence-corrected chi connectivity index (χ2v) is 9.04. The van der Waals surface area contributed by atoms with Crippen molar-refractivity contribution in [2.75, 3.05) is 0 Å². The Morgan fingerprint density at radius 2 is 1.80 bits per heavy atom. The lowest BCUT2D eigenvalue weighted by Gasteiger charge is -2.21. The molecule has 0 fully saturated rings. The number of aromatic nitrogens is 2. The van der Waals surface area contributed by atoms with Crippen molar-refractivity contribution in [3.05, 3.63) is 74.8 Å². The molecule has 35 heavy (non-hydrogen) atoms. The minimum absolute atomic E-state index is 0.0663. The summed E-state index contributed by atoms with van der Waals surface area (Å²) in [6.07, 6.45) is 3.35. The highest BCUT2D eigenvalue weighted by molar-refractivity contribution is 5.88. The molecule has 0 amide bonds. The van der Waals surface area contributed by atoms with E-state index < -0.39 is 28.6 Å². The highest BCUT2D eigenvalue weighted by atomic mass is 19.1. The first-order chi connectivity index (χ1) is 16.8. The number of halogens is 2. The number of hydrogen-bond acceptors (Lipinski definition) is 6. The van der Waals surface area contributed by atoms with Gasteiger partial charge in [0.05, 0.1) is 23.1 Å². The third-order valence-corrected chi connectivity index (χ3v) is 6.83. The van der Waals surface area contributed by atoms with Gasteiger partial charge in [-0.1, -0.05) is 18.2 Å². The lowest BCUT2D eigenvalue weighted by molar-refractivity contribution is 0.150. The lowest BCUT2D eigenvalue weighted by atomic mass is 9.88. The number of rotatable bonds is 2. The number of phenols is 1. The monoisotopic (exact) mass is 478 g/mol. The van der Waals surface area contributed by atoms with Crippen molar-refractivity contribution in [1.29, 1.82) is 0 Å². The van der Waals surface area contributed by atoms with E-state index >= 15 is 0 Å². The standard InChI is InChI=1S/C27H24F2N2O4/c1-13-20-12-21(28)25(33)23(29)26(20)35-27(34)22(13)15-5-3-6-16(11-15)24-19-8-4-7-17(32)9-10-18(19)14(2)30-31-24/h3,5-6,11-12,17,32-33H,4,7-10H2,1-2H3. The highest BCUT2D eigenvalue weighted by Crippen LogP contribution is 2.35. The first kappa shape index (κ1) is 23.1. The molecule has 2 heterocycles. The van der Waals surface area contributed by atoms with Crippen molar-refractivity contribution in [2.45, 2.75) is 52.1 Å². The molecule has 0 aliphatic heterocycles. The molecule has 1 atom stereocenters. The molecule has 0 radical (unpaired) electrons. The molecule has 180 valence electrons. The van der Waals surface area contributed by atoms with Crippen LogP contribution in [0.15, 0.2) is 39.5 Å². The molecular weight excluding hydrogens is 454 g/mol. The largest absolute Gasteiger partial charge is 0.503 e. The van der Waals surface area contributed by atoms with Crippen LogP contribution in [0.25, 0.3) is 33.4 Å². The molecule has 0 bridgehead atoms. The van der Waals surface area contributed by atoms with Crippen LogP contribution in [-0.4, -0.2) is 26.5 Å². The Morgan fingerprint density at radius 3 is 2.60 bits per heavy atom. The number of phenolic OH excluding ortho intramolecular Hbond substituents is 1. The van der Waals surface area contributed by atoms with E-state index in [0.29, 0.717) is 29.7 Å². The van der Waals surface area contributed by atoms with Crippen LogP contribution in [0.3, 0.4) is 0 Å². The summed E-state index contributed by atoms with van der Waals surface area (Å²) < 4.78 is 33.6. The summed E-state index contributed by atoms with van der Waals surface area (Å²) in [5.41, 5.74) is 4.24. The van der Waals surface area contributed by atoms with Crippen LogP contribution in [0.2, 0.25) is 0 Å². The molecule has 2 aromatic carbocycles. The first-order valence-corrected chi connectivity index (χ1v) is 11.5. The van der Waals surface area contributed by atoms with Gasteiger partial charge < -0.3 is 14.6 Å². The predicted molar refractivity (Wildman–Crippen MR) is 127 cm³/mol. The molecule has 0 saturated carbocycles. The first-order valence-electron chi connectivity index (χ1n) is 11.5. The summed E-state index contributed by atoms with van der Waals surface area (Å²) in [6, 6.07) is 8.15. The van der Waals surface area contributed by atoms with Crippen molar-refractivity contribution >= 4 is 11.0 Å². The summed E-state index contributed by atoms with van der Waals surface area (Å²) in [5.74, 6) is -3.62. The Hall–Kier alpha value is -3.65. The molecule has 6 nitrogen and oxygen atoms in total. The van der Waals surface area contributed by atoms with E-state index in [1.807, 2.05) is 13.0 Å². The lowest BCUT2D eigenvalue weighted by Crippen LogP contribution is -2.15. The van der Waals surface area contributed by atoms with E-state index in [0.717, 1.165) is 47.7 Å². The van der Waals surface area contributed by atoms with Crippen LogP contribution >= 0.6 is 0 Å². The van der Waals surface area contributed by atoms with Gasteiger partial charge in [-0.3, -0.25) is 0 Å². The van der Waals surface area contributed by atoms with Crippen LogP contribution < -0.4 is 5.63 Å². The number of aliphatic hydroxyl groups excluding tert-OH is 1. The molecule has 2 N–H and O–H groups in total. The van der Waals surface area contributed by atoms with E-state index in [-0.39, 0.29) is 17.1 Å². The average molecular weight is 478 g/mol. The topological polar surface area (TPSA) is 96.5 Å². The Morgan fingerprint density at radius 1 is 1.03 bits per heavy atom. The van der Waals surface area contributed by atoms with Crippen molar-refractivity contribution < 1.29 is 23.4 Å². The number of aliphatic hydroxyl groups is 1. The Bertz CT molecular complexity index is 1530. The molecule has 1 aliphatic rings. The molecule has 0 saturated heterocycles. The fourth-order valence-electron chi connectivity index (χ4n) is 4.97. The fraction of sp³-hybridized carbons (Fsp3) is 0.296. The molecule has 1 aliphatic carbocycles. The number of aryl methyl sites for hydroxylation is 2. The zero-order valence-corrected chi connectivity index (χ0v) is 19.4. The number of aromatic hydroxyl groups is 1. The van der Waals surface area contributed by atoms with E-state index in [2.05, 4.69) is 10.2 Å². The zero-order chi connectivity index (χ0) is 24.9. The maximum atomic E-state index is 14.4. The number of fused-ring (bicyclic) bond motifs is 2. The molecule has 8 heteroatoms. The van der Waals surface area contributed by atoms with Gasteiger partial charge >= 0.3 is 5.63 Å². The normalized spacial score (nSPS) is 16.1. The van der Waals surface area contributed by atoms with Gasteiger partial charge in [0, 0.05) is 10.9 Å². The fourth-order valence-corrected chi connectivity index (χ4v) is 4.97. The van der Waals surface area contributed by atoms with Gasteiger partial charge in [0.2, 0.25) is 5.82 Å². The quantitative estimate of drug-likeness (QED) is 0.387. The number of benzene rings is 2. The van der Waals surface area contributed by atoms with Crippen LogP contribution in [-0.2, 0) is 12.8 Å². The second-order valence-electron chi connectivity index (χ2n) is 9.04. The average Bonchev–Trinajstić information content (AvgIpc) is 2.82. The Labute approximate surface area is 199 Å². The van der Waals surface area contributed by atoms with Crippen molar-refractivity contribution in [1.82, 2.24) is 10.2 Å². The van der Waals surface area contributed by atoms with Crippen LogP contribution in [0.5, 0.6) is 5.75 Å². The maximum Gasteiger partial charge on any atom is 0.344 e. The predicted octanol–water partition coefficient (Wildman–Crippen LogP) is 5.15. The molecule has 0 spiro atoms. The van der Waals surface area contributed by atoms with Gasteiger partial charge in [0.25, 0.3) is 0 Å². The van der Waals surface area contributed by atoms with E-state index in [4.69, 9.17) is 4.42 Å². The van der Waals surface area contributed by atoms with Gasteiger partial charge in [-0.15, -0.1) is 5.10 Å².